The summed E-state index contributed by atoms with van der Waals surface area (Å²) in [6.45, 7) is 3.48. The maximum Gasteiger partial charge on any atom is 0.0793 e. The van der Waals surface area contributed by atoms with Crippen LogP contribution in [0.1, 0.15) is 5.56 Å². The van der Waals surface area contributed by atoms with E-state index in [0.717, 1.165) is 5.56 Å². The third kappa shape index (κ3) is 2.56. The highest BCUT2D eigenvalue weighted by Crippen LogP contribution is 2.05. The second-order valence-electron chi connectivity index (χ2n) is 2.30. The van der Waals surface area contributed by atoms with Crippen molar-refractivity contribution < 1.29 is 5.11 Å². The van der Waals surface area contributed by atoms with E-state index < -0.39 is 6.10 Å². The Morgan fingerprint density at radius 3 is 2.45 bits per heavy atom. The van der Waals surface area contributed by atoms with Gasteiger partial charge in [0, 0.05) is 6.42 Å². The average molecular weight is 147 g/mol. The highest BCUT2D eigenvalue weighted by Gasteiger charge is 1.98. The normalized spacial score (nSPS) is 12.5. The second-order valence-corrected chi connectivity index (χ2v) is 2.30. The molecule has 0 amide bonds. The molecule has 0 saturated carbocycles. The van der Waals surface area contributed by atoms with Gasteiger partial charge in [-0.2, -0.15) is 0 Å². The smallest absolute Gasteiger partial charge is 0.0793 e. The molecule has 1 aromatic carbocycles. The van der Waals surface area contributed by atoms with E-state index >= 15 is 0 Å². The number of hydrogen-bond acceptors (Lipinski definition) is 1. The summed E-state index contributed by atoms with van der Waals surface area (Å²) in [6.07, 6.45) is 2.69. The Labute approximate surface area is 67.0 Å². The summed E-state index contributed by atoms with van der Waals surface area (Å²) in [5.74, 6) is 0. The topological polar surface area (TPSA) is 20.2 Å². The van der Waals surface area contributed by atoms with Crippen molar-refractivity contribution in [1.29, 1.82) is 0 Å². The Bertz CT molecular complexity index is 216. The lowest BCUT2D eigenvalue weighted by Gasteiger charge is -2.02. The van der Waals surface area contributed by atoms with Gasteiger partial charge in [0.15, 0.2) is 0 Å². The fraction of sp³-hybridized carbons (Fsp3) is 0.100. The van der Waals surface area contributed by atoms with Crippen molar-refractivity contribution in [1.82, 2.24) is 0 Å². The second kappa shape index (κ2) is 3.94. The van der Waals surface area contributed by atoms with Crippen LogP contribution in [0.2, 0.25) is 0 Å². The average Bonchev–Trinajstić information content (AvgIpc) is 2.06. The molecule has 1 nitrogen and oxygen atoms in total. The molecule has 1 N–H and O–H groups in total. The van der Waals surface area contributed by atoms with Crippen LogP contribution in [0.25, 0.3) is 0 Å². The monoisotopic (exact) mass is 147 g/mol. The molecule has 1 rings (SSSR count). The van der Waals surface area contributed by atoms with Gasteiger partial charge in [0.2, 0.25) is 0 Å². The zero-order chi connectivity index (χ0) is 8.10. The van der Waals surface area contributed by atoms with Crippen LogP contribution in [0, 0.1) is 6.42 Å². The van der Waals surface area contributed by atoms with Gasteiger partial charge in [-0.25, -0.2) is 0 Å². The predicted molar refractivity (Wildman–Crippen MR) is 46.0 cm³/mol. The molecule has 1 aromatic rings. The third-order valence-corrected chi connectivity index (χ3v) is 1.40. The number of benzene rings is 1. The van der Waals surface area contributed by atoms with Gasteiger partial charge >= 0.3 is 0 Å². The van der Waals surface area contributed by atoms with Crippen molar-refractivity contribution in [3.63, 3.8) is 0 Å². The van der Waals surface area contributed by atoms with E-state index in [1.807, 2.05) is 30.3 Å². The number of aliphatic hydroxyl groups is 1. The summed E-state index contributed by atoms with van der Waals surface area (Å²) < 4.78 is 0. The largest absolute Gasteiger partial charge is 0.388 e. The van der Waals surface area contributed by atoms with Gasteiger partial charge in [-0.15, -0.1) is 6.58 Å². The highest BCUT2D eigenvalue weighted by atomic mass is 16.3. The van der Waals surface area contributed by atoms with Crippen LogP contribution in [0.5, 0.6) is 0 Å². The van der Waals surface area contributed by atoms with Gasteiger partial charge in [-0.05, 0) is 5.56 Å². The Morgan fingerprint density at radius 1 is 1.27 bits per heavy atom. The maximum atomic E-state index is 9.14. The molecule has 0 spiro atoms. The predicted octanol–water partition coefficient (Wildman–Crippen LogP) is 1.79. The summed E-state index contributed by atoms with van der Waals surface area (Å²) in [7, 11) is 0. The Morgan fingerprint density at radius 2 is 1.91 bits per heavy atom. The highest BCUT2D eigenvalue weighted by molar-refractivity contribution is 5.25. The number of hydrogen-bond donors (Lipinski definition) is 1. The molecule has 0 fully saturated rings. The molecule has 0 aliphatic heterocycles. The van der Waals surface area contributed by atoms with Crippen LogP contribution in [-0.4, -0.2) is 11.2 Å². The van der Waals surface area contributed by atoms with Crippen molar-refractivity contribution in [2.45, 2.75) is 6.10 Å². The summed E-state index contributed by atoms with van der Waals surface area (Å²) in [5, 5.41) is 9.14. The summed E-state index contributed by atoms with van der Waals surface area (Å²) in [5.41, 5.74) is 1.01. The molecule has 1 unspecified atom stereocenters. The first-order chi connectivity index (χ1) is 5.33. The van der Waals surface area contributed by atoms with Gasteiger partial charge in [0.05, 0.1) is 6.10 Å². The summed E-state index contributed by atoms with van der Waals surface area (Å²) in [4.78, 5) is 0. The first-order valence-corrected chi connectivity index (χ1v) is 3.53. The molecular weight excluding hydrogens is 136 g/mol. The van der Waals surface area contributed by atoms with Crippen molar-refractivity contribution in [3.8, 4) is 0 Å². The zero-order valence-electron chi connectivity index (χ0n) is 6.27. The lowest BCUT2D eigenvalue weighted by atomic mass is 10.1. The molecule has 1 atom stereocenters. The molecule has 0 heterocycles. The molecule has 0 aliphatic rings. The number of aliphatic hydroxyl groups excluding tert-OH is 1. The van der Waals surface area contributed by atoms with Gasteiger partial charge in [0.25, 0.3) is 0 Å². The van der Waals surface area contributed by atoms with Crippen molar-refractivity contribution in [3.05, 3.63) is 55.0 Å². The molecule has 0 aromatic heterocycles. The van der Waals surface area contributed by atoms with Gasteiger partial charge in [-0.1, -0.05) is 36.4 Å². The molecule has 1 heteroatoms. The van der Waals surface area contributed by atoms with E-state index in [-0.39, 0.29) is 0 Å². The first-order valence-electron chi connectivity index (χ1n) is 3.53. The fourth-order valence-electron chi connectivity index (χ4n) is 0.829. The van der Waals surface area contributed by atoms with Crippen LogP contribution in [0.4, 0.5) is 0 Å². The molecule has 0 aliphatic carbocycles. The zero-order valence-corrected chi connectivity index (χ0v) is 6.27. The molecular formula is C10H11O. The summed E-state index contributed by atoms with van der Waals surface area (Å²) in [6, 6.07) is 9.68. The molecule has 1 radical (unpaired) electrons. The Hall–Kier alpha value is -1.08. The minimum absolute atomic E-state index is 0.544. The van der Waals surface area contributed by atoms with Gasteiger partial charge in [-0.3, -0.25) is 0 Å². The van der Waals surface area contributed by atoms with E-state index in [1.165, 1.54) is 6.08 Å². The lowest BCUT2D eigenvalue weighted by molar-refractivity contribution is 0.259. The van der Waals surface area contributed by atoms with Gasteiger partial charge in [0.1, 0.15) is 0 Å². The first kappa shape index (κ1) is 8.02. The third-order valence-electron chi connectivity index (χ3n) is 1.40. The fourth-order valence-corrected chi connectivity index (χ4v) is 0.829. The maximum absolute atomic E-state index is 9.14. The summed E-state index contributed by atoms with van der Waals surface area (Å²) >= 11 is 0. The van der Waals surface area contributed by atoms with Crippen molar-refractivity contribution >= 4 is 0 Å². The van der Waals surface area contributed by atoms with E-state index in [0.29, 0.717) is 0 Å². The van der Waals surface area contributed by atoms with E-state index in [1.54, 1.807) is 6.42 Å². The molecule has 11 heavy (non-hydrogen) atoms. The Balaban J connectivity index is 2.57. The number of rotatable bonds is 3. The minimum Gasteiger partial charge on any atom is -0.388 e. The lowest BCUT2D eigenvalue weighted by Crippen LogP contribution is -2.02. The Kier molecular flexibility index (Phi) is 2.87. The van der Waals surface area contributed by atoms with Crippen LogP contribution >= 0.6 is 0 Å². The van der Waals surface area contributed by atoms with Gasteiger partial charge < -0.3 is 5.11 Å². The molecule has 57 valence electrons. The molecule has 0 bridgehead atoms. The van der Waals surface area contributed by atoms with Crippen LogP contribution in [0.3, 0.4) is 0 Å². The SMILES string of the molecule is C=CC(O)[CH]c1ccccc1. The van der Waals surface area contributed by atoms with E-state index in [9.17, 15) is 0 Å². The van der Waals surface area contributed by atoms with E-state index in [4.69, 9.17) is 5.11 Å². The van der Waals surface area contributed by atoms with Crippen LogP contribution in [0.15, 0.2) is 43.0 Å². The standard InChI is InChI=1S/C10H11O/c1-2-10(11)8-9-6-4-3-5-7-9/h2-8,10-11H,1H2. The molecule has 0 saturated heterocycles. The van der Waals surface area contributed by atoms with E-state index in [2.05, 4.69) is 6.58 Å². The van der Waals surface area contributed by atoms with Crippen LogP contribution < -0.4 is 0 Å². The minimum atomic E-state index is -0.544. The quantitative estimate of drug-likeness (QED) is 0.646. The van der Waals surface area contributed by atoms with Crippen molar-refractivity contribution in [2.75, 3.05) is 0 Å². The van der Waals surface area contributed by atoms with Crippen molar-refractivity contribution in [2.24, 2.45) is 0 Å². The van der Waals surface area contributed by atoms with Crippen LogP contribution in [-0.2, 0) is 0 Å².